The zero-order chi connectivity index (χ0) is 17.7. The summed E-state index contributed by atoms with van der Waals surface area (Å²) < 4.78 is 20.4. The lowest BCUT2D eigenvalue weighted by Gasteiger charge is -2.13. The second-order valence-electron chi connectivity index (χ2n) is 6.56. The molecule has 3 aromatic carbocycles. The number of hydrogen-bond donors (Lipinski definition) is 0. The topological polar surface area (TPSA) is 13.1 Å². The highest BCUT2D eigenvalue weighted by atomic mass is 19.1. The summed E-state index contributed by atoms with van der Waals surface area (Å²) >= 11 is 0. The van der Waals surface area contributed by atoms with Gasteiger partial charge in [0.05, 0.1) is 0 Å². The molecule has 0 amide bonds. The minimum absolute atomic E-state index is 0.218. The van der Waals surface area contributed by atoms with Gasteiger partial charge in [-0.05, 0) is 40.1 Å². The molecule has 3 aromatic rings. The van der Waals surface area contributed by atoms with E-state index in [1.165, 1.54) is 6.07 Å². The monoisotopic (exact) mass is 340 g/mol. The molecule has 1 aliphatic heterocycles. The molecule has 0 fully saturated rings. The smallest absolute Gasteiger partial charge is 0.134 e. The summed E-state index contributed by atoms with van der Waals surface area (Å²) in [6.07, 6.45) is 0.784. The lowest BCUT2D eigenvalue weighted by molar-refractivity contribution is 0.548. The Morgan fingerprint density at radius 3 is 2.31 bits per heavy atom. The maximum atomic E-state index is 14.1. The molecule has 0 atom stereocenters. The van der Waals surface area contributed by atoms with Crippen molar-refractivity contribution in [1.82, 2.24) is 0 Å². The molecule has 0 radical (unpaired) electrons. The van der Waals surface area contributed by atoms with E-state index in [2.05, 4.69) is 25.1 Å². The summed E-state index contributed by atoms with van der Waals surface area (Å²) in [4.78, 5) is 0. The van der Waals surface area contributed by atoms with Crippen molar-refractivity contribution >= 4 is 21.7 Å². The summed E-state index contributed by atoms with van der Waals surface area (Å²) in [5.74, 6) is 0.724. The second kappa shape index (κ2) is 5.70. The Hall–Kier alpha value is -3.13. The third kappa shape index (κ3) is 2.08. The lowest BCUT2D eigenvalue weighted by atomic mass is 9.95. The quantitative estimate of drug-likeness (QED) is 0.335. The van der Waals surface area contributed by atoms with Gasteiger partial charge in [0.1, 0.15) is 17.2 Å². The molecule has 5 rings (SSSR count). The average Bonchev–Trinajstić information content (AvgIpc) is 3.02. The van der Waals surface area contributed by atoms with Gasteiger partial charge in [0.25, 0.3) is 0 Å². The van der Waals surface area contributed by atoms with Gasteiger partial charge in [-0.25, -0.2) is 4.39 Å². The van der Waals surface area contributed by atoms with E-state index >= 15 is 0 Å². The van der Waals surface area contributed by atoms with Crippen LogP contribution in [0.25, 0.3) is 44.0 Å². The van der Waals surface area contributed by atoms with Gasteiger partial charge in [0.2, 0.25) is 0 Å². The first-order chi connectivity index (χ1) is 12.8. The largest absolute Gasteiger partial charge is 0.460 e. The predicted molar refractivity (Wildman–Crippen MR) is 105 cm³/mol. The summed E-state index contributed by atoms with van der Waals surface area (Å²) in [5, 5.41) is 3.05. The van der Waals surface area contributed by atoms with Crippen LogP contribution in [0.15, 0.2) is 77.2 Å². The Morgan fingerprint density at radius 1 is 0.731 bits per heavy atom. The van der Waals surface area contributed by atoms with E-state index in [0.717, 1.165) is 56.2 Å². The molecule has 0 bridgehead atoms. The number of para-hydroxylation sites is 1. The van der Waals surface area contributed by atoms with Crippen molar-refractivity contribution in [2.75, 3.05) is 0 Å². The fourth-order valence-corrected chi connectivity index (χ4v) is 3.99. The first-order valence-corrected chi connectivity index (χ1v) is 8.88. The minimum atomic E-state index is -0.218. The minimum Gasteiger partial charge on any atom is -0.460 e. The highest BCUT2D eigenvalue weighted by Crippen LogP contribution is 2.50. The number of rotatable bonds is 2. The highest BCUT2D eigenvalue weighted by molar-refractivity contribution is 6.21. The molecule has 0 unspecified atom stereocenters. The van der Waals surface area contributed by atoms with Crippen LogP contribution < -0.4 is 0 Å². The third-order valence-electron chi connectivity index (χ3n) is 5.07. The van der Waals surface area contributed by atoms with Crippen LogP contribution in [0, 0.1) is 5.82 Å². The van der Waals surface area contributed by atoms with Crippen molar-refractivity contribution in [3.8, 4) is 22.3 Å². The van der Waals surface area contributed by atoms with Crippen LogP contribution in [0.1, 0.15) is 12.7 Å². The third-order valence-corrected chi connectivity index (χ3v) is 5.07. The standard InChI is InChI=1S/C24H17FO/c1-2-20-23-17-13-12-16(25)14-19(17)22(15-8-4-3-5-9-15)24(23)18-10-6-7-11-21(18)26-20/h3-14H,2H2,1H3. The van der Waals surface area contributed by atoms with Gasteiger partial charge >= 0.3 is 0 Å². The maximum absolute atomic E-state index is 14.1. The number of benzene rings is 3. The molecule has 2 heteroatoms. The van der Waals surface area contributed by atoms with E-state index in [9.17, 15) is 4.39 Å². The first kappa shape index (κ1) is 15.2. The Labute approximate surface area is 151 Å². The number of fused-ring (bicyclic) bond motifs is 5. The maximum Gasteiger partial charge on any atom is 0.134 e. The van der Waals surface area contributed by atoms with Crippen molar-refractivity contribution in [3.63, 3.8) is 0 Å². The van der Waals surface area contributed by atoms with Crippen LogP contribution in [0.4, 0.5) is 4.39 Å². The molecule has 0 aromatic heterocycles. The van der Waals surface area contributed by atoms with Crippen molar-refractivity contribution < 1.29 is 8.81 Å². The van der Waals surface area contributed by atoms with E-state index in [1.807, 2.05) is 42.5 Å². The normalized spacial score (nSPS) is 11.6. The second-order valence-corrected chi connectivity index (χ2v) is 6.56. The van der Waals surface area contributed by atoms with Crippen LogP contribution in [-0.2, 0) is 6.42 Å². The van der Waals surface area contributed by atoms with E-state index in [1.54, 1.807) is 6.07 Å². The van der Waals surface area contributed by atoms with Crippen molar-refractivity contribution in [3.05, 3.63) is 84.4 Å². The Bertz CT molecular complexity index is 1220. The van der Waals surface area contributed by atoms with Gasteiger partial charge in [-0.3, -0.25) is 0 Å². The van der Waals surface area contributed by atoms with Crippen LogP contribution in [0.3, 0.4) is 0 Å². The fraction of sp³-hybridized carbons (Fsp3) is 0.0833. The molecule has 1 nitrogen and oxygen atoms in total. The Morgan fingerprint density at radius 2 is 1.50 bits per heavy atom. The average molecular weight is 340 g/mol. The molecule has 1 aliphatic carbocycles. The van der Waals surface area contributed by atoms with E-state index < -0.39 is 0 Å². The van der Waals surface area contributed by atoms with Crippen molar-refractivity contribution in [2.45, 2.75) is 13.3 Å². The summed E-state index contributed by atoms with van der Waals surface area (Å²) in [5.41, 5.74) is 5.29. The summed E-state index contributed by atoms with van der Waals surface area (Å²) in [7, 11) is 0. The van der Waals surface area contributed by atoms with Crippen LogP contribution in [0.2, 0.25) is 0 Å². The molecular formula is C24H17FO. The van der Waals surface area contributed by atoms with Crippen molar-refractivity contribution in [2.24, 2.45) is 0 Å². The summed E-state index contributed by atoms with van der Waals surface area (Å²) in [6, 6.07) is 23.4. The molecule has 1 heterocycles. The SMILES string of the molecule is CCc1oc2ccccc2c2c(-c3ccccc3)c3cc(F)ccc3c1-2. The highest BCUT2D eigenvalue weighted by Gasteiger charge is 2.25. The Balaban J connectivity index is 2.08. The first-order valence-electron chi connectivity index (χ1n) is 8.88. The van der Waals surface area contributed by atoms with Gasteiger partial charge in [-0.2, -0.15) is 0 Å². The zero-order valence-electron chi connectivity index (χ0n) is 14.4. The predicted octanol–water partition coefficient (Wildman–Crippen LogP) is 7.06. The van der Waals surface area contributed by atoms with E-state index in [0.29, 0.717) is 0 Å². The van der Waals surface area contributed by atoms with Gasteiger partial charge in [-0.1, -0.05) is 61.5 Å². The van der Waals surface area contributed by atoms with Gasteiger partial charge in [0.15, 0.2) is 0 Å². The number of halogens is 1. The zero-order valence-corrected chi connectivity index (χ0v) is 14.4. The number of aryl methyl sites for hydroxylation is 1. The molecule has 26 heavy (non-hydrogen) atoms. The lowest BCUT2D eigenvalue weighted by Crippen LogP contribution is -1.90. The molecule has 0 saturated heterocycles. The molecule has 0 N–H and O–H groups in total. The molecular weight excluding hydrogens is 323 g/mol. The van der Waals surface area contributed by atoms with Crippen LogP contribution in [-0.4, -0.2) is 0 Å². The van der Waals surface area contributed by atoms with Crippen molar-refractivity contribution in [1.29, 1.82) is 0 Å². The van der Waals surface area contributed by atoms with E-state index in [4.69, 9.17) is 4.42 Å². The molecule has 126 valence electrons. The van der Waals surface area contributed by atoms with Crippen LogP contribution >= 0.6 is 0 Å². The summed E-state index contributed by atoms with van der Waals surface area (Å²) in [6.45, 7) is 2.09. The van der Waals surface area contributed by atoms with Gasteiger partial charge < -0.3 is 4.42 Å². The molecule has 0 spiro atoms. The Kier molecular flexibility index (Phi) is 3.32. The van der Waals surface area contributed by atoms with Gasteiger partial charge in [-0.15, -0.1) is 0 Å². The van der Waals surface area contributed by atoms with Crippen LogP contribution in [0.5, 0.6) is 0 Å². The van der Waals surface area contributed by atoms with E-state index in [-0.39, 0.29) is 5.82 Å². The fourth-order valence-electron chi connectivity index (χ4n) is 3.99. The molecule has 2 aliphatic rings. The van der Waals surface area contributed by atoms with Gasteiger partial charge in [0, 0.05) is 22.9 Å². The molecule has 0 saturated carbocycles. The number of hydrogen-bond acceptors (Lipinski definition) is 1.